The number of allylic oxidation sites excluding steroid dienone is 2. The molecule has 3 aliphatic rings. The molecule has 2 aromatic carbocycles. The summed E-state index contributed by atoms with van der Waals surface area (Å²) in [5.74, 6) is 2.57. The maximum absolute atomic E-state index is 12.9. The molecule has 2 heterocycles. The minimum absolute atomic E-state index is 0.111. The lowest BCUT2D eigenvalue weighted by molar-refractivity contribution is 0.104. The highest BCUT2D eigenvalue weighted by Crippen LogP contribution is 2.44. The van der Waals surface area contributed by atoms with Gasteiger partial charge in [0.2, 0.25) is 13.6 Å². The molecule has 0 aromatic heterocycles. The van der Waals surface area contributed by atoms with Gasteiger partial charge < -0.3 is 28.5 Å². The monoisotopic (exact) mass is 381 g/mol. The minimum atomic E-state index is -0.182. The van der Waals surface area contributed by atoms with Gasteiger partial charge in [-0.25, -0.2) is 0 Å². The third-order valence-electron chi connectivity index (χ3n) is 4.73. The Bertz CT molecular complexity index is 1070. The van der Waals surface area contributed by atoms with Crippen LogP contribution in [0.1, 0.15) is 21.5 Å². The van der Waals surface area contributed by atoms with Crippen LogP contribution in [0, 0.1) is 0 Å². The van der Waals surface area contributed by atoms with Crippen LogP contribution < -0.4 is 23.7 Å². The molecule has 0 spiro atoms. The second-order valence-corrected chi connectivity index (χ2v) is 6.20. The number of methoxy groups -OCH3 is 1. The molecule has 1 aliphatic carbocycles. The zero-order valence-electron chi connectivity index (χ0n) is 15.1. The van der Waals surface area contributed by atoms with Crippen LogP contribution in [-0.2, 0) is 4.84 Å². The second-order valence-electron chi connectivity index (χ2n) is 6.20. The van der Waals surface area contributed by atoms with E-state index in [9.17, 15) is 4.79 Å². The van der Waals surface area contributed by atoms with Crippen LogP contribution in [-0.4, -0.2) is 39.3 Å². The van der Waals surface area contributed by atoms with E-state index in [0.717, 1.165) is 0 Å². The van der Waals surface area contributed by atoms with E-state index in [4.69, 9.17) is 28.5 Å². The molecule has 2 aliphatic heterocycles. The quantitative estimate of drug-likeness (QED) is 0.756. The molecule has 0 amide bonds. The summed E-state index contributed by atoms with van der Waals surface area (Å²) in [7, 11) is 3.00. The Labute approximate surface area is 159 Å². The van der Waals surface area contributed by atoms with Gasteiger partial charge in [-0.3, -0.25) is 4.79 Å². The molecule has 0 atom stereocenters. The molecule has 142 valence electrons. The Morgan fingerprint density at radius 1 is 0.821 bits per heavy atom. The first-order chi connectivity index (χ1) is 13.7. The van der Waals surface area contributed by atoms with Gasteiger partial charge >= 0.3 is 0 Å². The lowest BCUT2D eigenvalue weighted by Gasteiger charge is -2.20. The van der Waals surface area contributed by atoms with Gasteiger partial charge in [-0.15, -0.1) is 0 Å². The number of hydrogen-bond donors (Lipinski definition) is 0. The van der Waals surface area contributed by atoms with Crippen LogP contribution in [0.5, 0.6) is 28.7 Å². The summed E-state index contributed by atoms with van der Waals surface area (Å²) < 4.78 is 27.3. The number of benzene rings is 2. The first-order valence-electron chi connectivity index (χ1n) is 8.49. The third kappa shape index (κ3) is 2.38. The average Bonchev–Trinajstić information content (AvgIpc) is 3.35. The number of fused-ring (bicyclic) bond motifs is 3. The fourth-order valence-corrected chi connectivity index (χ4v) is 3.46. The van der Waals surface area contributed by atoms with Gasteiger partial charge in [0.25, 0.3) is 0 Å². The molecular weight excluding hydrogens is 366 g/mol. The Morgan fingerprint density at radius 2 is 1.39 bits per heavy atom. The standard InChI is InChI=1S/C20H15NO7/c1-23-15-7-19-17(26-9-28-19)5-11(15)12-3-14(22)10-4-16-18(27-8-25-16)6-13(10)20(12)21-24-2/h3-7H,8-9H2,1-2H3/b21-20-. The van der Waals surface area contributed by atoms with Crippen molar-refractivity contribution in [1.29, 1.82) is 0 Å². The van der Waals surface area contributed by atoms with E-state index in [-0.39, 0.29) is 19.4 Å². The number of oxime groups is 1. The number of rotatable bonds is 3. The van der Waals surface area contributed by atoms with E-state index >= 15 is 0 Å². The number of carbonyl (C=O) groups is 1. The normalized spacial score (nSPS) is 17.4. The topological polar surface area (TPSA) is 84.8 Å². The fourth-order valence-electron chi connectivity index (χ4n) is 3.46. The van der Waals surface area contributed by atoms with Crippen molar-refractivity contribution in [2.45, 2.75) is 0 Å². The van der Waals surface area contributed by atoms with Gasteiger partial charge in [-0.2, -0.15) is 0 Å². The molecule has 0 N–H and O–H groups in total. The summed E-state index contributed by atoms with van der Waals surface area (Å²) in [6.45, 7) is 0.241. The van der Waals surface area contributed by atoms with E-state index in [1.54, 1.807) is 31.4 Å². The van der Waals surface area contributed by atoms with Crippen molar-refractivity contribution in [1.82, 2.24) is 0 Å². The smallest absolute Gasteiger partial charge is 0.231 e. The third-order valence-corrected chi connectivity index (χ3v) is 4.73. The summed E-state index contributed by atoms with van der Waals surface area (Å²) in [5, 5.41) is 4.18. The van der Waals surface area contributed by atoms with Crippen molar-refractivity contribution >= 4 is 17.1 Å². The maximum atomic E-state index is 12.9. The molecule has 0 saturated carbocycles. The first kappa shape index (κ1) is 16.5. The molecule has 2 aromatic rings. The predicted octanol–water partition coefficient (Wildman–Crippen LogP) is 2.78. The van der Waals surface area contributed by atoms with E-state index in [2.05, 4.69) is 5.16 Å². The molecule has 0 saturated heterocycles. The second kappa shape index (κ2) is 6.19. The van der Waals surface area contributed by atoms with E-state index < -0.39 is 0 Å². The average molecular weight is 381 g/mol. The van der Waals surface area contributed by atoms with Crippen LogP contribution >= 0.6 is 0 Å². The maximum Gasteiger partial charge on any atom is 0.231 e. The van der Waals surface area contributed by atoms with Crippen LogP contribution in [0.25, 0.3) is 5.57 Å². The van der Waals surface area contributed by atoms with Gasteiger partial charge in [-0.05, 0) is 24.3 Å². The van der Waals surface area contributed by atoms with Crippen molar-refractivity contribution < 1.29 is 33.3 Å². The predicted molar refractivity (Wildman–Crippen MR) is 97.5 cm³/mol. The largest absolute Gasteiger partial charge is 0.496 e. The zero-order chi connectivity index (χ0) is 19.3. The van der Waals surface area contributed by atoms with E-state index in [0.29, 0.717) is 56.7 Å². The molecule has 5 rings (SSSR count). The van der Waals surface area contributed by atoms with Crippen molar-refractivity contribution in [2.75, 3.05) is 27.8 Å². The molecular formula is C20H15NO7. The van der Waals surface area contributed by atoms with Crippen LogP contribution in [0.4, 0.5) is 0 Å². The lowest BCUT2D eigenvalue weighted by Crippen LogP contribution is -2.18. The Morgan fingerprint density at radius 3 is 2.00 bits per heavy atom. The van der Waals surface area contributed by atoms with E-state index in [1.165, 1.54) is 13.2 Å². The van der Waals surface area contributed by atoms with Crippen LogP contribution in [0.3, 0.4) is 0 Å². The number of nitrogens with zero attached hydrogens (tertiary/aromatic N) is 1. The number of hydrogen-bond acceptors (Lipinski definition) is 8. The van der Waals surface area contributed by atoms with Crippen LogP contribution in [0.15, 0.2) is 35.5 Å². The van der Waals surface area contributed by atoms with Gasteiger partial charge in [-0.1, -0.05) is 5.16 Å². The number of ether oxygens (including phenoxy) is 5. The zero-order valence-corrected chi connectivity index (χ0v) is 15.1. The highest BCUT2D eigenvalue weighted by Gasteiger charge is 2.32. The van der Waals surface area contributed by atoms with Gasteiger partial charge in [0.15, 0.2) is 28.8 Å². The molecule has 0 radical (unpaired) electrons. The molecule has 0 bridgehead atoms. The number of ketones is 1. The Balaban J connectivity index is 1.71. The summed E-state index contributed by atoms with van der Waals surface area (Å²) >= 11 is 0. The molecule has 0 fully saturated rings. The summed E-state index contributed by atoms with van der Waals surface area (Å²) in [6, 6.07) is 6.89. The fraction of sp³-hybridized carbons (Fsp3) is 0.200. The van der Waals surface area contributed by atoms with Crippen molar-refractivity contribution in [3.8, 4) is 28.7 Å². The number of carbonyl (C=O) groups excluding carboxylic acids is 1. The first-order valence-corrected chi connectivity index (χ1v) is 8.49. The van der Waals surface area contributed by atoms with Crippen molar-refractivity contribution in [3.63, 3.8) is 0 Å². The Hall–Kier alpha value is -3.68. The summed E-state index contributed by atoms with van der Waals surface area (Å²) in [6.07, 6.45) is 1.50. The van der Waals surface area contributed by atoms with Crippen molar-refractivity contribution in [2.24, 2.45) is 5.16 Å². The van der Waals surface area contributed by atoms with Gasteiger partial charge in [0.1, 0.15) is 18.6 Å². The summed E-state index contributed by atoms with van der Waals surface area (Å²) in [5.41, 5.74) is 2.72. The van der Waals surface area contributed by atoms with Crippen LogP contribution in [0.2, 0.25) is 0 Å². The highest BCUT2D eigenvalue weighted by atomic mass is 16.7. The highest BCUT2D eigenvalue weighted by molar-refractivity contribution is 6.41. The van der Waals surface area contributed by atoms with Crippen molar-refractivity contribution in [3.05, 3.63) is 47.0 Å². The summed E-state index contributed by atoms with van der Waals surface area (Å²) in [4.78, 5) is 18.0. The van der Waals surface area contributed by atoms with Gasteiger partial charge in [0, 0.05) is 28.3 Å². The molecule has 8 nitrogen and oxygen atoms in total. The molecule has 28 heavy (non-hydrogen) atoms. The SMILES string of the molecule is CO/N=C1/C(c2cc3c(cc2OC)OCO3)=CC(=O)c2cc3c(cc21)OCO3. The van der Waals surface area contributed by atoms with Gasteiger partial charge in [0.05, 0.1) is 7.11 Å². The molecule has 0 unspecified atom stereocenters. The lowest BCUT2D eigenvalue weighted by atomic mass is 9.85. The Kier molecular flexibility index (Phi) is 3.65. The minimum Gasteiger partial charge on any atom is -0.496 e. The van der Waals surface area contributed by atoms with E-state index in [1.807, 2.05) is 0 Å². The molecule has 8 heteroatoms.